The number of nitrogens with zero attached hydrogens (tertiary/aromatic N) is 3. The molecular weight excluding hydrogens is 376 g/mol. The summed E-state index contributed by atoms with van der Waals surface area (Å²) in [6.45, 7) is 1.88. The van der Waals surface area contributed by atoms with Crippen molar-refractivity contribution < 1.29 is 4.42 Å². The molecule has 0 spiro atoms. The first-order chi connectivity index (χ1) is 13.7. The Bertz CT molecular complexity index is 1180. The molecule has 140 valence electrons. The number of nitrogens with one attached hydrogen (secondary N) is 1. The van der Waals surface area contributed by atoms with E-state index in [1.807, 2.05) is 36.4 Å². The Morgan fingerprint density at radius 3 is 2.75 bits per heavy atom. The summed E-state index contributed by atoms with van der Waals surface area (Å²) in [6.07, 6.45) is 0.708. The second kappa shape index (κ2) is 6.89. The predicted molar refractivity (Wildman–Crippen MR) is 107 cm³/mol. The Labute approximate surface area is 165 Å². The van der Waals surface area contributed by atoms with Crippen LogP contribution in [0.15, 0.2) is 57.7 Å². The van der Waals surface area contributed by atoms with Gasteiger partial charge < -0.3 is 9.40 Å². The second-order valence-electron chi connectivity index (χ2n) is 6.88. The Hall–Kier alpha value is -2.96. The molecule has 0 amide bonds. The van der Waals surface area contributed by atoms with E-state index in [-0.39, 0.29) is 5.56 Å². The van der Waals surface area contributed by atoms with Gasteiger partial charge in [0.1, 0.15) is 11.3 Å². The van der Waals surface area contributed by atoms with Crippen molar-refractivity contribution in [1.82, 2.24) is 19.9 Å². The third-order valence-corrected chi connectivity index (χ3v) is 5.21. The highest BCUT2D eigenvalue weighted by molar-refractivity contribution is 6.30. The molecule has 6 nitrogen and oxygen atoms in total. The van der Waals surface area contributed by atoms with Gasteiger partial charge in [-0.25, -0.2) is 9.97 Å². The summed E-state index contributed by atoms with van der Waals surface area (Å²) < 4.78 is 5.81. The van der Waals surface area contributed by atoms with Crippen LogP contribution in [-0.4, -0.2) is 26.4 Å². The zero-order valence-electron chi connectivity index (χ0n) is 15.0. The van der Waals surface area contributed by atoms with Crippen LogP contribution in [0, 0.1) is 0 Å². The molecule has 1 aliphatic heterocycles. The van der Waals surface area contributed by atoms with Gasteiger partial charge in [0.25, 0.3) is 5.56 Å². The van der Waals surface area contributed by atoms with Gasteiger partial charge in [0, 0.05) is 30.1 Å². The molecule has 28 heavy (non-hydrogen) atoms. The normalized spacial score (nSPS) is 14.3. The Morgan fingerprint density at radius 1 is 1.11 bits per heavy atom. The molecule has 0 saturated heterocycles. The third-order valence-electron chi connectivity index (χ3n) is 4.96. The maximum Gasteiger partial charge on any atom is 0.255 e. The molecule has 0 saturated carbocycles. The zero-order valence-corrected chi connectivity index (χ0v) is 15.7. The Balaban J connectivity index is 1.39. The molecule has 5 rings (SSSR count). The summed E-state index contributed by atoms with van der Waals surface area (Å²) in [5.41, 5.74) is 3.93. The average molecular weight is 393 g/mol. The molecule has 0 fully saturated rings. The lowest BCUT2D eigenvalue weighted by Gasteiger charge is -2.26. The largest absolute Gasteiger partial charge is 0.439 e. The van der Waals surface area contributed by atoms with Crippen LogP contribution in [0.4, 0.5) is 0 Å². The van der Waals surface area contributed by atoms with Gasteiger partial charge in [-0.15, -0.1) is 0 Å². The standard InChI is InChI=1S/C21H17ClN4O2/c22-14-7-5-13(6-8-14)20-24-16-9-10-26(11-15(16)21(27)25-20)12-19-23-17-3-1-2-4-18(17)28-19/h1-8H,9-12H2,(H,24,25,27). The molecule has 1 aliphatic rings. The number of hydrogen-bond donors (Lipinski definition) is 1. The lowest BCUT2D eigenvalue weighted by Crippen LogP contribution is -2.35. The minimum Gasteiger partial charge on any atom is -0.439 e. The van der Waals surface area contributed by atoms with Gasteiger partial charge in [-0.2, -0.15) is 0 Å². The molecule has 0 atom stereocenters. The number of aromatic nitrogens is 3. The highest BCUT2D eigenvalue weighted by Gasteiger charge is 2.23. The summed E-state index contributed by atoms with van der Waals surface area (Å²) in [5.74, 6) is 1.24. The van der Waals surface area contributed by atoms with Gasteiger partial charge in [0.05, 0.1) is 17.8 Å². The minimum atomic E-state index is -0.0998. The van der Waals surface area contributed by atoms with Gasteiger partial charge >= 0.3 is 0 Å². The van der Waals surface area contributed by atoms with Crippen LogP contribution in [0.1, 0.15) is 17.1 Å². The van der Waals surface area contributed by atoms with Crippen molar-refractivity contribution in [3.05, 3.63) is 81.1 Å². The zero-order chi connectivity index (χ0) is 19.1. The molecule has 4 aromatic rings. The van der Waals surface area contributed by atoms with Crippen molar-refractivity contribution in [2.24, 2.45) is 0 Å². The van der Waals surface area contributed by atoms with Crippen molar-refractivity contribution in [3.8, 4) is 11.4 Å². The van der Waals surface area contributed by atoms with E-state index < -0.39 is 0 Å². The van der Waals surface area contributed by atoms with E-state index in [0.29, 0.717) is 41.8 Å². The molecule has 2 aromatic carbocycles. The molecule has 0 unspecified atom stereocenters. The fourth-order valence-electron chi connectivity index (χ4n) is 3.54. The molecule has 0 aliphatic carbocycles. The maximum atomic E-state index is 12.7. The summed E-state index contributed by atoms with van der Waals surface area (Å²) in [6, 6.07) is 15.0. The van der Waals surface area contributed by atoms with Gasteiger partial charge in [-0.3, -0.25) is 9.69 Å². The number of para-hydroxylation sites is 2. The van der Waals surface area contributed by atoms with E-state index in [0.717, 1.165) is 28.9 Å². The van der Waals surface area contributed by atoms with Crippen molar-refractivity contribution in [2.75, 3.05) is 6.54 Å². The molecule has 7 heteroatoms. The summed E-state index contributed by atoms with van der Waals surface area (Å²) in [7, 11) is 0. The topological polar surface area (TPSA) is 75.0 Å². The van der Waals surface area contributed by atoms with Crippen molar-refractivity contribution in [3.63, 3.8) is 0 Å². The van der Waals surface area contributed by atoms with E-state index in [1.165, 1.54) is 0 Å². The van der Waals surface area contributed by atoms with E-state index in [2.05, 4.69) is 19.9 Å². The molecule has 1 N–H and O–H groups in total. The third kappa shape index (κ3) is 3.21. The number of halogens is 1. The number of H-pyrrole nitrogens is 1. The number of hydrogen-bond acceptors (Lipinski definition) is 5. The lowest BCUT2D eigenvalue weighted by atomic mass is 10.1. The van der Waals surface area contributed by atoms with Crippen LogP contribution in [0.2, 0.25) is 5.02 Å². The summed E-state index contributed by atoms with van der Waals surface area (Å²) in [5, 5.41) is 0.652. The van der Waals surface area contributed by atoms with Gasteiger partial charge in [-0.1, -0.05) is 23.7 Å². The number of benzene rings is 2. The highest BCUT2D eigenvalue weighted by Crippen LogP contribution is 2.22. The number of oxazole rings is 1. The molecule has 3 heterocycles. The number of aromatic amines is 1. The number of rotatable bonds is 3. The van der Waals surface area contributed by atoms with Crippen LogP contribution in [-0.2, 0) is 19.5 Å². The molecule has 0 radical (unpaired) electrons. The monoisotopic (exact) mass is 392 g/mol. The van der Waals surface area contributed by atoms with Crippen LogP contribution in [0.5, 0.6) is 0 Å². The Kier molecular flexibility index (Phi) is 4.22. The predicted octanol–water partition coefficient (Wildman–Crippen LogP) is 3.79. The van der Waals surface area contributed by atoms with Crippen LogP contribution >= 0.6 is 11.6 Å². The quantitative estimate of drug-likeness (QED) is 0.574. The van der Waals surface area contributed by atoms with Gasteiger partial charge in [0.15, 0.2) is 5.58 Å². The van der Waals surface area contributed by atoms with Crippen molar-refractivity contribution >= 4 is 22.7 Å². The van der Waals surface area contributed by atoms with Gasteiger partial charge in [0.2, 0.25) is 5.89 Å². The first-order valence-corrected chi connectivity index (χ1v) is 9.48. The van der Waals surface area contributed by atoms with E-state index >= 15 is 0 Å². The van der Waals surface area contributed by atoms with E-state index in [4.69, 9.17) is 16.0 Å². The van der Waals surface area contributed by atoms with Crippen molar-refractivity contribution in [2.45, 2.75) is 19.5 Å². The van der Waals surface area contributed by atoms with Gasteiger partial charge in [-0.05, 0) is 36.4 Å². The number of fused-ring (bicyclic) bond motifs is 2. The van der Waals surface area contributed by atoms with Crippen molar-refractivity contribution in [1.29, 1.82) is 0 Å². The first-order valence-electron chi connectivity index (χ1n) is 9.10. The SMILES string of the molecule is O=c1[nH]c(-c2ccc(Cl)cc2)nc2c1CN(Cc1nc3ccccc3o1)CC2. The smallest absolute Gasteiger partial charge is 0.255 e. The molecule has 2 aromatic heterocycles. The van der Waals surface area contributed by atoms with Crippen LogP contribution in [0.25, 0.3) is 22.5 Å². The van der Waals surface area contributed by atoms with Crippen LogP contribution in [0.3, 0.4) is 0 Å². The maximum absolute atomic E-state index is 12.7. The fourth-order valence-corrected chi connectivity index (χ4v) is 3.67. The van der Waals surface area contributed by atoms with E-state index in [9.17, 15) is 4.79 Å². The fraction of sp³-hybridized carbons (Fsp3) is 0.190. The highest BCUT2D eigenvalue weighted by atomic mass is 35.5. The minimum absolute atomic E-state index is 0.0998. The van der Waals surface area contributed by atoms with Crippen LogP contribution < -0.4 is 5.56 Å². The Morgan fingerprint density at radius 2 is 1.93 bits per heavy atom. The van der Waals surface area contributed by atoms with E-state index in [1.54, 1.807) is 12.1 Å². The lowest BCUT2D eigenvalue weighted by molar-refractivity contribution is 0.220. The second-order valence-corrected chi connectivity index (χ2v) is 7.32. The average Bonchev–Trinajstić information content (AvgIpc) is 3.11. The summed E-state index contributed by atoms with van der Waals surface area (Å²) >= 11 is 5.94. The first kappa shape index (κ1) is 17.2. The molecular formula is C21H17ClN4O2. The summed E-state index contributed by atoms with van der Waals surface area (Å²) in [4.78, 5) is 26.9. The molecule has 0 bridgehead atoms.